The third kappa shape index (κ3) is 4.10. The molecule has 1 aromatic heterocycles. The Morgan fingerprint density at radius 3 is 2.64 bits per heavy atom. The summed E-state index contributed by atoms with van der Waals surface area (Å²) in [5.74, 6) is -4.24. The first-order valence-corrected chi connectivity index (χ1v) is 14.7. The SMILES string of the molecule is C=CC(=O)N1CCc2nn(-c3ccc(C4CCC4(F)F)cc3O)c3c2C(C1)N(C(=O)c1ccc(Br)c2c1=NCN=2)CC3. The van der Waals surface area contributed by atoms with Gasteiger partial charge in [-0.3, -0.25) is 19.6 Å². The van der Waals surface area contributed by atoms with Gasteiger partial charge in [0.15, 0.2) is 0 Å². The van der Waals surface area contributed by atoms with Crippen LogP contribution in [0.3, 0.4) is 0 Å². The fraction of sp³-hybridized carbons (Fsp3) is 0.367. The van der Waals surface area contributed by atoms with Crippen LogP contribution in [0.5, 0.6) is 5.75 Å². The predicted octanol–water partition coefficient (Wildman–Crippen LogP) is 3.37. The van der Waals surface area contributed by atoms with E-state index in [1.807, 2.05) is 0 Å². The molecule has 1 saturated carbocycles. The first-order valence-electron chi connectivity index (χ1n) is 13.9. The molecule has 0 bridgehead atoms. The van der Waals surface area contributed by atoms with Gasteiger partial charge in [-0.2, -0.15) is 5.10 Å². The van der Waals surface area contributed by atoms with Crippen LogP contribution in [0.2, 0.25) is 0 Å². The molecule has 7 rings (SSSR count). The molecule has 2 atom stereocenters. The summed E-state index contributed by atoms with van der Waals surface area (Å²) < 4.78 is 30.6. The molecule has 42 heavy (non-hydrogen) atoms. The van der Waals surface area contributed by atoms with Crippen molar-refractivity contribution >= 4 is 27.7 Å². The fourth-order valence-corrected chi connectivity index (χ4v) is 7.03. The number of benzene rings is 2. The van der Waals surface area contributed by atoms with Gasteiger partial charge in [0.2, 0.25) is 5.91 Å². The number of hydrogen-bond donors (Lipinski definition) is 1. The Kier molecular flexibility index (Phi) is 6.30. The summed E-state index contributed by atoms with van der Waals surface area (Å²) in [6.07, 6.45) is 2.39. The second-order valence-corrected chi connectivity index (χ2v) is 11.9. The number of rotatable bonds is 4. The molecule has 3 aliphatic heterocycles. The van der Waals surface area contributed by atoms with Gasteiger partial charge >= 0.3 is 0 Å². The van der Waals surface area contributed by atoms with Crippen LogP contribution >= 0.6 is 15.9 Å². The Morgan fingerprint density at radius 1 is 1.12 bits per heavy atom. The number of phenols is 1. The second-order valence-electron chi connectivity index (χ2n) is 11.1. The first-order chi connectivity index (χ1) is 20.2. The first kappa shape index (κ1) is 26.9. The van der Waals surface area contributed by atoms with Crippen LogP contribution in [0.1, 0.15) is 57.7 Å². The highest BCUT2D eigenvalue weighted by Crippen LogP contribution is 2.50. The molecule has 3 aromatic rings. The van der Waals surface area contributed by atoms with Gasteiger partial charge in [0.25, 0.3) is 11.8 Å². The lowest BCUT2D eigenvalue weighted by atomic mass is 9.76. The molecule has 4 aliphatic rings. The third-order valence-corrected chi connectivity index (χ3v) is 9.49. The van der Waals surface area contributed by atoms with E-state index in [2.05, 4.69) is 32.5 Å². The molecule has 2 unspecified atom stereocenters. The van der Waals surface area contributed by atoms with Crippen LogP contribution in [0.25, 0.3) is 5.69 Å². The van der Waals surface area contributed by atoms with E-state index in [0.717, 1.165) is 21.4 Å². The zero-order valence-corrected chi connectivity index (χ0v) is 24.1. The van der Waals surface area contributed by atoms with E-state index >= 15 is 0 Å². The van der Waals surface area contributed by atoms with Gasteiger partial charge in [-0.15, -0.1) is 0 Å². The van der Waals surface area contributed by atoms with E-state index < -0.39 is 17.9 Å². The van der Waals surface area contributed by atoms with E-state index in [4.69, 9.17) is 5.10 Å². The lowest BCUT2D eigenvalue weighted by Gasteiger charge is -2.38. The standard InChI is InChI=1S/C30H27BrF2N6O3/c1-2-25(41)37-11-8-20-26-22(39(36-20)21-6-3-16(13-24(21)40)18-7-10-30(18,32)33)9-12-38(23(26)14-37)29(42)17-4-5-19(31)28-27(17)34-15-35-28/h2-6,13,18,23,40H,1,7-12,14-15H2. The topological polar surface area (TPSA) is 103 Å². The molecule has 0 saturated heterocycles. The number of fused-ring (bicyclic) bond motifs is 1. The number of nitrogens with zero attached hydrogens (tertiary/aromatic N) is 6. The number of alkyl halides is 2. The zero-order chi connectivity index (χ0) is 29.3. The molecule has 4 heterocycles. The summed E-state index contributed by atoms with van der Waals surface area (Å²) >= 11 is 3.49. The lowest BCUT2D eigenvalue weighted by molar-refractivity contribution is -0.126. The highest BCUT2D eigenvalue weighted by molar-refractivity contribution is 9.10. The van der Waals surface area contributed by atoms with E-state index in [-0.39, 0.29) is 37.2 Å². The number of aromatic nitrogens is 2. The normalized spacial score (nSPS) is 21.8. The summed E-state index contributed by atoms with van der Waals surface area (Å²) in [5.41, 5.74) is 3.64. The number of carbonyl (C=O) groups is 2. The van der Waals surface area contributed by atoms with Crippen molar-refractivity contribution in [2.45, 2.75) is 43.6 Å². The number of aromatic hydroxyl groups is 1. The van der Waals surface area contributed by atoms with Gasteiger partial charge in [-0.25, -0.2) is 13.5 Å². The fourth-order valence-electron chi connectivity index (χ4n) is 6.59. The van der Waals surface area contributed by atoms with Crippen molar-refractivity contribution in [3.8, 4) is 11.4 Å². The minimum atomic E-state index is -2.77. The van der Waals surface area contributed by atoms with E-state index in [1.54, 1.807) is 38.7 Å². The minimum Gasteiger partial charge on any atom is -0.506 e. The Balaban J connectivity index is 1.30. The molecule has 1 aliphatic carbocycles. The molecule has 1 N–H and O–H groups in total. The molecule has 12 heteroatoms. The van der Waals surface area contributed by atoms with Crippen LogP contribution in [-0.4, -0.2) is 68.7 Å². The smallest absolute Gasteiger partial charge is 0.256 e. The predicted molar refractivity (Wildman–Crippen MR) is 151 cm³/mol. The maximum absolute atomic E-state index is 14.1. The van der Waals surface area contributed by atoms with Gasteiger partial charge in [0.1, 0.15) is 18.1 Å². The summed E-state index contributed by atoms with van der Waals surface area (Å²) in [4.78, 5) is 39.2. The average Bonchev–Trinajstić information content (AvgIpc) is 3.55. The van der Waals surface area contributed by atoms with E-state index in [9.17, 15) is 23.5 Å². The van der Waals surface area contributed by atoms with Crippen molar-refractivity contribution in [1.29, 1.82) is 0 Å². The second kappa shape index (κ2) is 9.82. The Bertz CT molecular complexity index is 1800. The van der Waals surface area contributed by atoms with E-state index in [1.165, 1.54) is 12.1 Å². The highest BCUT2D eigenvalue weighted by atomic mass is 79.9. The highest BCUT2D eigenvalue weighted by Gasteiger charge is 2.49. The average molecular weight is 637 g/mol. The summed E-state index contributed by atoms with van der Waals surface area (Å²) in [6, 6.07) is 7.72. The van der Waals surface area contributed by atoms with Crippen molar-refractivity contribution in [3.05, 3.63) is 86.3 Å². The zero-order valence-electron chi connectivity index (χ0n) is 22.6. The molecule has 0 spiro atoms. The number of hydrogen-bond acceptors (Lipinski definition) is 6. The van der Waals surface area contributed by atoms with Gasteiger partial charge < -0.3 is 14.9 Å². The quantitative estimate of drug-likeness (QED) is 0.444. The van der Waals surface area contributed by atoms with Gasteiger partial charge in [-0.05, 0) is 58.3 Å². The van der Waals surface area contributed by atoms with E-state index in [0.29, 0.717) is 59.9 Å². The largest absolute Gasteiger partial charge is 0.506 e. The monoisotopic (exact) mass is 636 g/mol. The van der Waals surface area contributed by atoms with Gasteiger partial charge in [0, 0.05) is 54.9 Å². The van der Waals surface area contributed by atoms with Crippen molar-refractivity contribution in [1.82, 2.24) is 19.6 Å². The van der Waals surface area contributed by atoms with Crippen LogP contribution in [0, 0.1) is 0 Å². The Morgan fingerprint density at radius 2 is 1.93 bits per heavy atom. The summed E-state index contributed by atoms with van der Waals surface area (Å²) in [7, 11) is 0. The van der Waals surface area contributed by atoms with Crippen molar-refractivity contribution in [2.75, 3.05) is 26.3 Å². The molecule has 2 aromatic carbocycles. The number of phenolic OH excluding ortho intramolecular Hbond substituents is 1. The molecule has 1 fully saturated rings. The maximum atomic E-state index is 14.1. The lowest BCUT2D eigenvalue weighted by Crippen LogP contribution is -2.47. The number of amides is 2. The summed E-state index contributed by atoms with van der Waals surface area (Å²) in [6.45, 7) is 4.88. The Hall–Kier alpha value is -3.93. The molecular formula is C30H27BrF2N6O3. The molecule has 2 amide bonds. The number of halogens is 3. The third-order valence-electron chi connectivity index (χ3n) is 8.85. The maximum Gasteiger partial charge on any atom is 0.256 e. The van der Waals surface area contributed by atoms with Crippen LogP contribution in [-0.2, 0) is 17.6 Å². The molecule has 216 valence electrons. The van der Waals surface area contributed by atoms with Gasteiger partial charge in [-0.1, -0.05) is 12.6 Å². The number of carbonyl (C=O) groups excluding carboxylic acids is 2. The molecular weight excluding hydrogens is 610 g/mol. The van der Waals surface area contributed by atoms with Crippen molar-refractivity contribution in [2.24, 2.45) is 9.98 Å². The summed E-state index contributed by atoms with van der Waals surface area (Å²) in [5, 5.41) is 17.1. The molecule has 9 nitrogen and oxygen atoms in total. The molecule has 0 radical (unpaired) electrons. The van der Waals surface area contributed by atoms with Crippen LogP contribution < -0.4 is 10.7 Å². The Labute approximate surface area is 248 Å². The van der Waals surface area contributed by atoms with Gasteiger partial charge in [0.05, 0.1) is 33.7 Å². The van der Waals surface area contributed by atoms with Crippen molar-refractivity contribution < 1.29 is 23.5 Å². The van der Waals surface area contributed by atoms with Crippen LogP contribution in [0.15, 0.2) is 57.4 Å². The van der Waals surface area contributed by atoms with Crippen LogP contribution in [0.4, 0.5) is 8.78 Å². The van der Waals surface area contributed by atoms with Crippen molar-refractivity contribution in [3.63, 3.8) is 0 Å². The minimum absolute atomic E-state index is 0.126.